The number of ether oxygens (including phenoxy) is 1. The molecule has 4 rings (SSSR count). The van der Waals surface area contributed by atoms with Crippen molar-refractivity contribution in [3.8, 4) is 5.75 Å². The first-order chi connectivity index (χ1) is 19.0. The molecule has 0 bridgehead atoms. The van der Waals surface area contributed by atoms with E-state index in [0.717, 1.165) is 44.1 Å². The van der Waals surface area contributed by atoms with Gasteiger partial charge in [-0.3, -0.25) is 9.59 Å². The van der Waals surface area contributed by atoms with Crippen molar-refractivity contribution in [1.29, 1.82) is 0 Å². The number of rotatable bonds is 14. The summed E-state index contributed by atoms with van der Waals surface area (Å²) in [6.07, 6.45) is 10.2. The van der Waals surface area contributed by atoms with Gasteiger partial charge in [0, 0.05) is 42.9 Å². The summed E-state index contributed by atoms with van der Waals surface area (Å²) in [6.45, 7) is 3.78. The maximum atomic E-state index is 13.6. The van der Waals surface area contributed by atoms with E-state index < -0.39 is 12.1 Å². The van der Waals surface area contributed by atoms with Gasteiger partial charge in [0.15, 0.2) is 0 Å². The molecule has 7 nitrogen and oxygen atoms in total. The molecule has 2 aromatic rings. The highest BCUT2D eigenvalue weighted by Crippen LogP contribution is 2.28. The summed E-state index contributed by atoms with van der Waals surface area (Å²) >= 11 is 0. The number of hydrogen-bond acceptors (Lipinski definition) is 5. The Morgan fingerprint density at radius 1 is 1.08 bits per heavy atom. The van der Waals surface area contributed by atoms with E-state index in [-0.39, 0.29) is 11.8 Å². The molecular formula is C32H45N3O4. The molecule has 2 amide bonds. The number of benzene rings is 2. The molecule has 3 N–H and O–H groups in total. The van der Waals surface area contributed by atoms with Crippen LogP contribution in [0.1, 0.15) is 87.1 Å². The average Bonchev–Trinajstić information content (AvgIpc) is 3.40. The molecule has 7 heteroatoms. The Morgan fingerprint density at radius 3 is 2.59 bits per heavy atom. The molecule has 2 aromatic carbocycles. The van der Waals surface area contributed by atoms with Crippen molar-refractivity contribution < 1.29 is 19.4 Å². The zero-order chi connectivity index (χ0) is 27.5. The van der Waals surface area contributed by atoms with Gasteiger partial charge >= 0.3 is 0 Å². The Morgan fingerprint density at radius 2 is 1.87 bits per heavy atom. The third kappa shape index (κ3) is 8.80. The maximum Gasteiger partial charge on any atom is 0.251 e. The molecule has 1 saturated heterocycles. The standard InChI is InChI=1S/C32H45N3O4/c1-2-3-10-18-39-28-21-25(20-27(22-28)35-17-11-16-31(35)37)32(38)34-29(19-24-12-6-4-7-13-24)30(36)23-33-26-14-8-5-9-15-26/h4,6-7,12-13,20-22,26,29-30,33,36H,2-3,5,8-11,14-19,23H2,1H3,(H,34,38)/t29-,30-/m0/s1. The van der Waals surface area contributed by atoms with Crippen LogP contribution in [0.4, 0.5) is 5.69 Å². The number of hydrogen-bond donors (Lipinski definition) is 3. The molecule has 1 heterocycles. The summed E-state index contributed by atoms with van der Waals surface area (Å²) in [5.74, 6) is 0.378. The van der Waals surface area contributed by atoms with Gasteiger partial charge in [-0.2, -0.15) is 0 Å². The Balaban J connectivity index is 1.50. The van der Waals surface area contributed by atoms with Gasteiger partial charge in [0.05, 0.1) is 18.8 Å². The minimum Gasteiger partial charge on any atom is -0.493 e. The second-order valence-electron chi connectivity index (χ2n) is 11.0. The highest BCUT2D eigenvalue weighted by atomic mass is 16.5. The van der Waals surface area contributed by atoms with Gasteiger partial charge in [-0.05, 0) is 49.8 Å². The van der Waals surface area contributed by atoms with Crippen molar-refractivity contribution in [1.82, 2.24) is 10.6 Å². The lowest BCUT2D eigenvalue weighted by atomic mass is 9.95. The Hall–Kier alpha value is -2.90. The minimum absolute atomic E-state index is 0.0654. The predicted octanol–water partition coefficient (Wildman–Crippen LogP) is 5.01. The van der Waals surface area contributed by atoms with Crippen LogP contribution in [0, 0.1) is 0 Å². The molecule has 212 valence electrons. The third-order valence-corrected chi connectivity index (χ3v) is 7.86. The predicted molar refractivity (Wildman–Crippen MR) is 155 cm³/mol. The number of anilines is 1. The zero-order valence-corrected chi connectivity index (χ0v) is 23.4. The molecule has 1 saturated carbocycles. The summed E-state index contributed by atoms with van der Waals surface area (Å²) in [4.78, 5) is 27.9. The van der Waals surface area contributed by atoms with Crippen molar-refractivity contribution in [2.75, 3.05) is 24.6 Å². The van der Waals surface area contributed by atoms with Crippen molar-refractivity contribution >= 4 is 17.5 Å². The van der Waals surface area contributed by atoms with Crippen LogP contribution in [0.15, 0.2) is 48.5 Å². The van der Waals surface area contributed by atoms with Crippen LogP contribution in [0.25, 0.3) is 0 Å². The van der Waals surface area contributed by atoms with E-state index in [1.165, 1.54) is 19.3 Å². The lowest BCUT2D eigenvalue weighted by Gasteiger charge is -2.28. The van der Waals surface area contributed by atoms with Crippen molar-refractivity contribution in [3.05, 3.63) is 59.7 Å². The normalized spacial score (nSPS) is 17.7. The molecule has 39 heavy (non-hydrogen) atoms. The van der Waals surface area contributed by atoms with Gasteiger partial charge in [0.2, 0.25) is 5.91 Å². The quantitative estimate of drug-likeness (QED) is 0.296. The van der Waals surface area contributed by atoms with Crippen LogP contribution >= 0.6 is 0 Å². The van der Waals surface area contributed by atoms with Gasteiger partial charge < -0.3 is 25.4 Å². The van der Waals surface area contributed by atoms with Gasteiger partial charge in [-0.25, -0.2) is 0 Å². The van der Waals surface area contributed by atoms with Crippen LogP contribution in [-0.4, -0.2) is 54.8 Å². The van der Waals surface area contributed by atoms with Crippen molar-refractivity contribution in [2.45, 2.75) is 95.7 Å². The molecule has 1 aliphatic heterocycles. The Bertz CT molecular complexity index is 1050. The number of nitrogens with one attached hydrogen (secondary N) is 2. The molecule has 0 radical (unpaired) electrons. The van der Waals surface area contributed by atoms with Crippen LogP contribution in [-0.2, 0) is 11.2 Å². The van der Waals surface area contributed by atoms with Crippen molar-refractivity contribution in [3.63, 3.8) is 0 Å². The highest BCUT2D eigenvalue weighted by Gasteiger charge is 2.26. The largest absolute Gasteiger partial charge is 0.493 e. The van der Waals surface area contributed by atoms with E-state index in [0.29, 0.717) is 55.6 Å². The zero-order valence-electron chi connectivity index (χ0n) is 23.4. The third-order valence-electron chi connectivity index (χ3n) is 7.86. The summed E-state index contributed by atoms with van der Waals surface area (Å²) in [7, 11) is 0. The number of unbranched alkanes of at least 4 members (excludes halogenated alkanes) is 2. The van der Waals surface area contributed by atoms with Gasteiger partial charge in [0.25, 0.3) is 5.91 Å². The number of carbonyl (C=O) groups is 2. The lowest BCUT2D eigenvalue weighted by molar-refractivity contribution is -0.117. The van der Waals surface area contributed by atoms with Crippen molar-refractivity contribution in [2.24, 2.45) is 0 Å². The van der Waals surface area contributed by atoms with Crippen LogP contribution < -0.4 is 20.3 Å². The summed E-state index contributed by atoms with van der Waals surface area (Å²) in [6, 6.07) is 15.3. The van der Waals surface area contributed by atoms with Gasteiger partial charge in [0.1, 0.15) is 5.75 Å². The monoisotopic (exact) mass is 535 g/mol. The molecule has 0 unspecified atom stereocenters. The SMILES string of the molecule is CCCCCOc1cc(C(=O)N[C@@H](Cc2ccccc2)[C@@H](O)CNC2CCCCC2)cc(N2CCCC2=O)c1. The first-order valence-corrected chi connectivity index (χ1v) is 14.9. The van der Waals surface area contributed by atoms with E-state index >= 15 is 0 Å². The Kier molecular flexibility index (Phi) is 11.2. The summed E-state index contributed by atoms with van der Waals surface area (Å²) < 4.78 is 6.01. The lowest BCUT2D eigenvalue weighted by Crippen LogP contribution is -2.50. The first-order valence-electron chi connectivity index (χ1n) is 14.9. The maximum absolute atomic E-state index is 13.6. The molecule has 2 aliphatic rings. The first kappa shape index (κ1) is 29.1. The fourth-order valence-electron chi connectivity index (χ4n) is 5.56. The van der Waals surface area contributed by atoms with Gasteiger partial charge in [-0.15, -0.1) is 0 Å². The minimum atomic E-state index is -0.746. The summed E-state index contributed by atoms with van der Waals surface area (Å²) in [5.41, 5.74) is 2.17. The fraction of sp³-hybridized carbons (Fsp3) is 0.562. The van der Waals surface area contributed by atoms with E-state index in [9.17, 15) is 14.7 Å². The van der Waals surface area contributed by atoms with Gasteiger partial charge in [-0.1, -0.05) is 69.4 Å². The topological polar surface area (TPSA) is 90.9 Å². The Labute approximate surface area is 233 Å². The number of aliphatic hydroxyl groups is 1. The van der Waals surface area contributed by atoms with E-state index in [1.807, 2.05) is 36.4 Å². The van der Waals surface area contributed by atoms with Crippen LogP contribution in [0.2, 0.25) is 0 Å². The molecule has 0 aromatic heterocycles. The number of aliphatic hydroxyl groups excluding tert-OH is 1. The smallest absolute Gasteiger partial charge is 0.251 e. The second-order valence-corrected chi connectivity index (χ2v) is 11.0. The van der Waals surface area contributed by atoms with Crippen LogP contribution in [0.3, 0.4) is 0 Å². The fourth-order valence-corrected chi connectivity index (χ4v) is 5.56. The average molecular weight is 536 g/mol. The molecular weight excluding hydrogens is 490 g/mol. The van der Waals surface area contributed by atoms with E-state index in [1.54, 1.807) is 17.0 Å². The number of nitrogens with zero attached hydrogens (tertiary/aromatic N) is 1. The second kappa shape index (κ2) is 15.0. The molecule has 2 atom stereocenters. The number of carbonyl (C=O) groups excluding carboxylic acids is 2. The molecule has 0 spiro atoms. The summed E-state index contributed by atoms with van der Waals surface area (Å²) in [5, 5.41) is 17.9. The number of amides is 2. The van der Waals surface area contributed by atoms with Crippen LogP contribution in [0.5, 0.6) is 5.75 Å². The highest BCUT2D eigenvalue weighted by molar-refractivity contribution is 5.99. The van der Waals surface area contributed by atoms with E-state index in [2.05, 4.69) is 17.6 Å². The molecule has 1 aliphatic carbocycles. The van der Waals surface area contributed by atoms with E-state index in [4.69, 9.17) is 4.74 Å². The molecule has 2 fully saturated rings.